The second-order valence-electron chi connectivity index (χ2n) is 3.73. The zero-order chi connectivity index (χ0) is 9.00. The third kappa shape index (κ3) is 0.757. The summed E-state index contributed by atoms with van der Waals surface area (Å²) in [5, 5.41) is 7.85. The van der Waals surface area contributed by atoms with Crippen molar-refractivity contribution in [2.45, 2.75) is 18.5 Å². The molecule has 6 heteroatoms. The molecule has 3 heterocycles. The van der Waals surface area contributed by atoms with E-state index in [1.54, 1.807) is 0 Å². The first-order valence-corrected chi connectivity index (χ1v) is 4.40. The Hall–Kier alpha value is -1.30. The Morgan fingerprint density at radius 3 is 2.38 bits per heavy atom. The molecular weight excluding hydrogens is 172 g/mol. The van der Waals surface area contributed by atoms with Gasteiger partial charge in [0.25, 0.3) is 0 Å². The first-order valence-electron chi connectivity index (χ1n) is 4.40. The van der Waals surface area contributed by atoms with Crippen LogP contribution >= 0.6 is 0 Å². The summed E-state index contributed by atoms with van der Waals surface area (Å²) in [6.45, 7) is 0.923. The van der Waals surface area contributed by atoms with Gasteiger partial charge in [-0.15, -0.1) is 0 Å². The van der Waals surface area contributed by atoms with Crippen molar-refractivity contribution >= 4 is 0 Å². The minimum atomic E-state index is -0.326. The minimum Gasteiger partial charge on any atom is -0.312 e. The molecule has 1 saturated carbocycles. The molecule has 3 unspecified atom stereocenters. The molecule has 1 aromatic heterocycles. The van der Waals surface area contributed by atoms with E-state index in [0.717, 1.165) is 13.0 Å². The fraction of sp³-hybridized carbons (Fsp3) is 0.714. The second kappa shape index (κ2) is 2.14. The molecule has 3 atom stereocenters. The molecule has 2 saturated heterocycles. The van der Waals surface area contributed by atoms with Gasteiger partial charge in [0.15, 0.2) is 0 Å². The van der Waals surface area contributed by atoms with Crippen molar-refractivity contribution in [1.29, 1.82) is 0 Å². The van der Waals surface area contributed by atoms with Crippen LogP contribution in [-0.2, 0) is 0 Å². The number of fused-ring (bicyclic) bond motifs is 1. The lowest BCUT2D eigenvalue weighted by Crippen LogP contribution is -2.46. The van der Waals surface area contributed by atoms with Gasteiger partial charge in [0.05, 0.1) is 6.04 Å². The maximum Gasteiger partial charge on any atom is 0.344 e. The number of rotatable bonds is 1. The minimum absolute atomic E-state index is 0.0718. The third-order valence-electron chi connectivity index (χ3n) is 3.11. The maximum absolute atomic E-state index is 11.2. The van der Waals surface area contributed by atoms with Gasteiger partial charge in [0.2, 0.25) is 0 Å². The van der Waals surface area contributed by atoms with E-state index in [1.807, 2.05) is 0 Å². The van der Waals surface area contributed by atoms with Crippen LogP contribution in [0.15, 0.2) is 9.59 Å². The van der Waals surface area contributed by atoms with E-state index < -0.39 is 0 Å². The summed E-state index contributed by atoms with van der Waals surface area (Å²) < 4.78 is 1.29. The third-order valence-corrected chi connectivity index (χ3v) is 3.11. The molecule has 13 heavy (non-hydrogen) atoms. The van der Waals surface area contributed by atoms with Crippen molar-refractivity contribution in [3.8, 4) is 0 Å². The highest BCUT2D eigenvalue weighted by Gasteiger charge is 2.49. The predicted octanol–water partition coefficient (Wildman–Crippen LogP) is -1.60. The van der Waals surface area contributed by atoms with E-state index in [2.05, 4.69) is 15.5 Å². The molecule has 0 amide bonds. The number of H-pyrrole nitrogens is 2. The summed E-state index contributed by atoms with van der Waals surface area (Å²) >= 11 is 0. The molecule has 0 aromatic carbocycles. The van der Waals surface area contributed by atoms with Crippen LogP contribution in [0, 0.1) is 5.92 Å². The van der Waals surface area contributed by atoms with Gasteiger partial charge in [-0.05, 0) is 12.3 Å². The Balaban J connectivity index is 2.11. The van der Waals surface area contributed by atoms with Crippen molar-refractivity contribution < 1.29 is 0 Å². The Bertz CT molecular complexity index is 400. The molecule has 3 fully saturated rings. The van der Waals surface area contributed by atoms with Gasteiger partial charge in [-0.25, -0.2) is 24.4 Å². The molecule has 3 N–H and O–H groups in total. The van der Waals surface area contributed by atoms with Crippen molar-refractivity contribution in [3.63, 3.8) is 0 Å². The highest BCUT2D eigenvalue weighted by Crippen LogP contribution is 2.42. The highest BCUT2D eigenvalue weighted by molar-refractivity contribution is 5.06. The van der Waals surface area contributed by atoms with Crippen LogP contribution in [0.2, 0.25) is 0 Å². The summed E-state index contributed by atoms with van der Waals surface area (Å²) in [4.78, 5) is 22.5. The van der Waals surface area contributed by atoms with Crippen molar-refractivity contribution in [3.05, 3.63) is 21.0 Å². The first-order chi connectivity index (χ1) is 6.27. The molecule has 1 aromatic rings. The number of nitrogens with one attached hydrogen (secondary N) is 3. The smallest absolute Gasteiger partial charge is 0.312 e. The molecule has 3 aliphatic rings. The molecule has 1 aliphatic carbocycles. The normalized spacial score (nSPS) is 36.2. The van der Waals surface area contributed by atoms with Gasteiger partial charge in [-0.1, -0.05) is 0 Å². The molecule has 4 rings (SSSR count). The fourth-order valence-electron chi connectivity index (χ4n) is 2.43. The van der Waals surface area contributed by atoms with Crippen molar-refractivity contribution in [2.24, 2.45) is 5.92 Å². The van der Waals surface area contributed by atoms with E-state index in [9.17, 15) is 9.59 Å². The van der Waals surface area contributed by atoms with E-state index in [1.165, 1.54) is 4.57 Å². The van der Waals surface area contributed by atoms with Crippen molar-refractivity contribution in [1.82, 2.24) is 20.1 Å². The summed E-state index contributed by atoms with van der Waals surface area (Å²) in [5.74, 6) is 0.458. The Morgan fingerprint density at radius 1 is 1.23 bits per heavy atom. The molecule has 2 bridgehead atoms. The lowest BCUT2D eigenvalue weighted by atomic mass is 9.80. The number of nitrogens with zero attached hydrogens (tertiary/aromatic N) is 1. The van der Waals surface area contributed by atoms with E-state index in [0.29, 0.717) is 12.0 Å². The SMILES string of the molecule is O=c1[nH][nH]c(=O)n1C1C2CNC1C2. The standard InChI is InChI=1S/C7H10N4O2/c12-6-9-10-7(13)11(6)5-3-1-4(5)8-2-3/h3-5,8H,1-2H2,(H,9,12)(H,10,13). The zero-order valence-electron chi connectivity index (χ0n) is 6.91. The lowest BCUT2D eigenvalue weighted by Gasteiger charge is -2.33. The van der Waals surface area contributed by atoms with Crippen LogP contribution in [0.25, 0.3) is 0 Å². The van der Waals surface area contributed by atoms with Crippen LogP contribution in [0.5, 0.6) is 0 Å². The summed E-state index contributed by atoms with van der Waals surface area (Å²) in [7, 11) is 0. The fourth-order valence-corrected chi connectivity index (χ4v) is 2.43. The highest BCUT2D eigenvalue weighted by atomic mass is 16.2. The Morgan fingerprint density at radius 2 is 1.92 bits per heavy atom. The average molecular weight is 182 g/mol. The summed E-state index contributed by atoms with van der Waals surface area (Å²) in [6, 6.07) is 0.391. The molecule has 0 spiro atoms. The molecule has 0 radical (unpaired) electrons. The summed E-state index contributed by atoms with van der Waals surface area (Å²) in [5.41, 5.74) is -0.651. The molecule has 70 valence electrons. The molecule has 2 aliphatic heterocycles. The lowest BCUT2D eigenvalue weighted by molar-refractivity contribution is 0.210. The van der Waals surface area contributed by atoms with E-state index in [-0.39, 0.29) is 17.4 Å². The van der Waals surface area contributed by atoms with Crippen molar-refractivity contribution in [2.75, 3.05) is 6.54 Å². The monoisotopic (exact) mass is 182 g/mol. The Labute approximate surface area is 72.9 Å². The van der Waals surface area contributed by atoms with Gasteiger partial charge in [-0.2, -0.15) is 0 Å². The van der Waals surface area contributed by atoms with Gasteiger partial charge in [0.1, 0.15) is 0 Å². The van der Waals surface area contributed by atoms with Gasteiger partial charge >= 0.3 is 11.4 Å². The quantitative estimate of drug-likeness (QED) is 0.489. The van der Waals surface area contributed by atoms with E-state index >= 15 is 0 Å². The first kappa shape index (κ1) is 7.14. The van der Waals surface area contributed by atoms with E-state index in [4.69, 9.17) is 0 Å². The van der Waals surface area contributed by atoms with Gasteiger partial charge in [0, 0.05) is 12.6 Å². The molecule has 6 nitrogen and oxygen atoms in total. The largest absolute Gasteiger partial charge is 0.344 e. The number of aromatic nitrogens is 3. The topological polar surface area (TPSA) is 82.7 Å². The predicted molar refractivity (Wildman–Crippen MR) is 44.6 cm³/mol. The Kier molecular flexibility index (Phi) is 1.17. The van der Waals surface area contributed by atoms with Crippen LogP contribution in [0.1, 0.15) is 12.5 Å². The van der Waals surface area contributed by atoms with Crippen LogP contribution in [-0.4, -0.2) is 27.4 Å². The second-order valence-corrected chi connectivity index (χ2v) is 3.73. The van der Waals surface area contributed by atoms with Crippen LogP contribution < -0.4 is 16.7 Å². The average Bonchev–Trinajstić information content (AvgIpc) is 2.73. The van der Waals surface area contributed by atoms with Crippen LogP contribution in [0.4, 0.5) is 0 Å². The summed E-state index contributed by atoms with van der Waals surface area (Å²) in [6.07, 6.45) is 1.09. The zero-order valence-corrected chi connectivity index (χ0v) is 6.91. The van der Waals surface area contributed by atoms with Gasteiger partial charge in [-0.3, -0.25) is 0 Å². The number of aromatic amines is 2. The number of hydrogen-bond acceptors (Lipinski definition) is 3. The maximum atomic E-state index is 11.2. The molecular formula is C7H10N4O2. The van der Waals surface area contributed by atoms with Crippen LogP contribution in [0.3, 0.4) is 0 Å². The van der Waals surface area contributed by atoms with Gasteiger partial charge < -0.3 is 5.32 Å². The number of hydrogen-bond donors (Lipinski definition) is 3.